The molecule has 92 valence electrons. The molecule has 0 atom stereocenters. The van der Waals surface area contributed by atoms with E-state index in [1.807, 2.05) is 0 Å². The molecule has 2 aromatic rings. The highest BCUT2D eigenvalue weighted by Gasteiger charge is 2.07. The molecule has 2 aromatic carbocycles. The van der Waals surface area contributed by atoms with E-state index in [1.165, 1.54) is 42.1 Å². The van der Waals surface area contributed by atoms with Gasteiger partial charge in [0.15, 0.2) is 0 Å². The molecule has 6 heteroatoms. The number of hydrogen-bond donors (Lipinski definition) is 2. The smallest absolute Gasteiger partial charge is 0.269 e. The number of phenolic OH excluding ortho intramolecular Hbond substituents is 2. The van der Waals surface area contributed by atoms with Gasteiger partial charge in [0.05, 0.1) is 9.82 Å². The number of nitro benzene ring substituents is 1. The van der Waals surface area contributed by atoms with E-state index in [9.17, 15) is 20.3 Å². The average Bonchev–Trinajstić information content (AvgIpc) is 2.34. The molecule has 0 saturated carbocycles. The van der Waals surface area contributed by atoms with Crippen molar-refractivity contribution in [2.45, 2.75) is 9.79 Å². The van der Waals surface area contributed by atoms with Gasteiger partial charge in [-0.25, -0.2) is 0 Å². The van der Waals surface area contributed by atoms with Crippen molar-refractivity contribution in [2.75, 3.05) is 0 Å². The molecular formula is C12H9NO4S. The summed E-state index contributed by atoms with van der Waals surface area (Å²) in [7, 11) is 0. The largest absolute Gasteiger partial charge is 0.508 e. The summed E-state index contributed by atoms with van der Waals surface area (Å²) in [4.78, 5) is 11.3. The van der Waals surface area contributed by atoms with Crippen molar-refractivity contribution in [3.63, 3.8) is 0 Å². The molecule has 0 fully saturated rings. The van der Waals surface area contributed by atoms with Crippen molar-refractivity contribution in [1.82, 2.24) is 0 Å². The second-order valence-electron chi connectivity index (χ2n) is 3.51. The van der Waals surface area contributed by atoms with Crippen molar-refractivity contribution in [2.24, 2.45) is 0 Å². The van der Waals surface area contributed by atoms with Crippen LogP contribution < -0.4 is 0 Å². The van der Waals surface area contributed by atoms with Crippen LogP contribution in [0, 0.1) is 10.1 Å². The number of non-ortho nitro benzene ring substituents is 1. The zero-order valence-corrected chi connectivity index (χ0v) is 9.92. The summed E-state index contributed by atoms with van der Waals surface area (Å²) in [6.07, 6.45) is 0. The van der Waals surface area contributed by atoms with Crippen LogP contribution in [0.15, 0.2) is 52.3 Å². The lowest BCUT2D eigenvalue weighted by Gasteiger charge is -2.04. The Kier molecular flexibility index (Phi) is 3.38. The predicted molar refractivity (Wildman–Crippen MR) is 67.0 cm³/mol. The molecule has 2 rings (SSSR count). The van der Waals surface area contributed by atoms with Crippen molar-refractivity contribution < 1.29 is 15.1 Å². The number of aromatic hydroxyl groups is 2. The van der Waals surface area contributed by atoms with Crippen LogP contribution in [-0.2, 0) is 0 Å². The normalized spacial score (nSPS) is 10.2. The Morgan fingerprint density at radius 3 is 2.33 bits per heavy atom. The fourth-order valence-electron chi connectivity index (χ4n) is 1.35. The van der Waals surface area contributed by atoms with Gasteiger partial charge in [-0.15, -0.1) is 0 Å². The van der Waals surface area contributed by atoms with Crippen LogP contribution >= 0.6 is 11.8 Å². The van der Waals surface area contributed by atoms with E-state index in [-0.39, 0.29) is 17.2 Å². The summed E-state index contributed by atoms with van der Waals surface area (Å²) < 4.78 is 0. The Morgan fingerprint density at radius 1 is 1.06 bits per heavy atom. The lowest BCUT2D eigenvalue weighted by molar-refractivity contribution is -0.384. The molecule has 0 aromatic heterocycles. The molecular weight excluding hydrogens is 254 g/mol. The van der Waals surface area contributed by atoms with Gasteiger partial charge in [0.25, 0.3) is 5.69 Å². The summed E-state index contributed by atoms with van der Waals surface area (Å²) >= 11 is 1.22. The highest BCUT2D eigenvalue weighted by molar-refractivity contribution is 7.99. The maximum absolute atomic E-state index is 10.5. The van der Waals surface area contributed by atoms with Gasteiger partial charge < -0.3 is 10.2 Å². The highest BCUT2D eigenvalue weighted by Crippen LogP contribution is 2.36. The molecule has 5 nitrogen and oxygen atoms in total. The third-order valence-corrected chi connectivity index (χ3v) is 3.27. The van der Waals surface area contributed by atoms with E-state index in [2.05, 4.69) is 0 Å². The Labute approximate surface area is 107 Å². The molecule has 18 heavy (non-hydrogen) atoms. The number of nitrogens with zero attached hydrogens (tertiary/aromatic N) is 1. The van der Waals surface area contributed by atoms with Crippen LogP contribution in [-0.4, -0.2) is 15.1 Å². The van der Waals surface area contributed by atoms with E-state index in [1.54, 1.807) is 12.1 Å². The van der Waals surface area contributed by atoms with E-state index < -0.39 is 4.92 Å². The Bertz CT molecular complexity index is 583. The van der Waals surface area contributed by atoms with Crippen LogP contribution in [0.1, 0.15) is 0 Å². The molecule has 0 spiro atoms. The van der Waals surface area contributed by atoms with Crippen molar-refractivity contribution >= 4 is 17.4 Å². The summed E-state index contributed by atoms with van der Waals surface area (Å²) in [5.74, 6) is 0.105. The predicted octanol–water partition coefficient (Wildman–Crippen LogP) is 3.16. The molecule has 0 amide bonds. The molecule has 0 aliphatic carbocycles. The zero-order valence-electron chi connectivity index (χ0n) is 9.11. The molecule has 0 saturated heterocycles. The molecule has 0 radical (unpaired) electrons. The van der Waals surface area contributed by atoms with Crippen molar-refractivity contribution in [1.29, 1.82) is 0 Å². The van der Waals surface area contributed by atoms with Gasteiger partial charge in [-0.1, -0.05) is 11.8 Å². The molecule has 0 unspecified atom stereocenters. The number of rotatable bonds is 3. The molecule has 0 bridgehead atoms. The van der Waals surface area contributed by atoms with Crippen molar-refractivity contribution in [3.8, 4) is 11.5 Å². The Morgan fingerprint density at radius 2 is 1.72 bits per heavy atom. The fraction of sp³-hybridized carbons (Fsp3) is 0. The molecule has 0 aliphatic heterocycles. The summed E-state index contributed by atoms with van der Waals surface area (Å²) in [6.45, 7) is 0. The third kappa shape index (κ3) is 2.72. The topological polar surface area (TPSA) is 83.6 Å². The van der Waals surface area contributed by atoms with E-state index in [0.29, 0.717) is 4.90 Å². The summed E-state index contributed by atoms with van der Waals surface area (Å²) in [6, 6.07) is 10.2. The van der Waals surface area contributed by atoms with Gasteiger partial charge in [0.2, 0.25) is 0 Å². The highest BCUT2D eigenvalue weighted by atomic mass is 32.2. The zero-order chi connectivity index (χ0) is 13.1. The first kappa shape index (κ1) is 12.3. The first-order chi connectivity index (χ1) is 8.56. The average molecular weight is 263 g/mol. The van der Waals surface area contributed by atoms with Gasteiger partial charge in [-0.3, -0.25) is 10.1 Å². The fourth-order valence-corrected chi connectivity index (χ4v) is 2.23. The van der Waals surface area contributed by atoms with E-state index >= 15 is 0 Å². The number of phenols is 2. The van der Waals surface area contributed by atoms with Gasteiger partial charge in [0, 0.05) is 17.0 Å². The maximum atomic E-state index is 10.5. The lowest BCUT2D eigenvalue weighted by Crippen LogP contribution is -1.86. The standard InChI is InChI=1S/C12H9NO4S/c14-9-3-6-11(15)12(7-9)18-10-4-1-8(2-5-10)13(16)17/h1-7,14-15H. The minimum atomic E-state index is -0.472. The lowest BCUT2D eigenvalue weighted by atomic mass is 10.3. The van der Waals surface area contributed by atoms with Crippen LogP contribution in [0.5, 0.6) is 11.5 Å². The minimum absolute atomic E-state index is 0.0134. The van der Waals surface area contributed by atoms with Gasteiger partial charge in [-0.05, 0) is 30.3 Å². The Hall–Kier alpha value is -2.21. The molecule has 0 heterocycles. The van der Waals surface area contributed by atoms with Gasteiger partial charge in [0.1, 0.15) is 11.5 Å². The summed E-state index contributed by atoms with van der Waals surface area (Å²) in [5, 5.41) is 29.4. The quantitative estimate of drug-likeness (QED) is 0.505. The first-order valence-corrected chi connectivity index (χ1v) is 5.82. The van der Waals surface area contributed by atoms with Gasteiger partial charge >= 0.3 is 0 Å². The van der Waals surface area contributed by atoms with Gasteiger partial charge in [-0.2, -0.15) is 0 Å². The summed E-state index contributed by atoms with van der Waals surface area (Å²) in [5.41, 5.74) is 0.0134. The van der Waals surface area contributed by atoms with Crippen LogP contribution in [0.2, 0.25) is 0 Å². The molecule has 0 aliphatic rings. The van der Waals surface area contributed by atoms with E-state index in [4.69, 9.17) is 0 Å². The van der Waals surface area contributed by atoms with E-state index in [0.717, 1.165) is 4.90 Å². The number of nitro groups is 1. The minimum Gasteiger partial charge on any atom is -0.508 e. The van der Waals surface area contributed by atoms with Crippen LogP contribution in [0.4, 0.5) is 5.69 Å². The first-order valence-electron chi connectivity index (χ1n) is 5.00. The monoisotopic (exact) mass is 263 g/mol. The van der Waals surface area contributed by atoms with Crippen LogP contribution in [0.3, 0.4) is 0 Å². The van der Waals surface area contributed by atoms with Crippen LogP contribution in [0.25, 0.3) is 0 Å². The second kappa shape index (κ2) is 4.97. The number of hydrogen-bond acceptors (Lipinski definition) is 5. The Balaban J connectivity index is 2.23. The molecule has 2 N–H and O–H groups in total. The maximum Gasteiger partial charge on any atom is 0.269 e. The third-order valence-electron chi connectivity index (χ3n) is 2.22. The second-order valence-corrected chi connectivity index (χ2v) is 4.62. The SMILES string of the molecule is O=[N+]([O-])c1ccc(Sc2cc(O)ccc2O)cc1. The number of benzene rings is 2. The van der Waals surface area contributed by atoms with Crippen molar-refractivity contribution in [3.05, 3.63) is 52.6 Å².